The highest BCUT2D eigenvalue weighted by molar-refractivity contribution is 6.87. The molecule has 0 bridgehead atoms. The molecule has 0 aromatic rings. The quantitative estimate of drug-likeness (QED) is 0.215. The minimum atomic E-state index is -2.15. The third kappa shape index (κ3) is 12.4. The summed E-state index contributed by atoms with van der Waals surface area (Å²) in [6.45, 7) is 18.6. The lowest BCUT2D eigenvalue weighted by Gasteiger charge is -2.38. The van der Waals surface area contributed by atoms with E-state index in [-0.39, 0.29) is 0 Å². The SMILES string of the molecule is C[Si](C)(CCCOCC1CCCO1)O[Si](C)(C)O[Si](C)(C)CCCOCC1CCCO1. The van der Waals surface area contributed by atoms with Gasteiger partial charge in [0.15, 0.2) is 16.6 Å². The van der Waals surface area contributed by atoms with Crippen LogP contribution in [0.3, 0.4) is 0 Å². The van der Waals surface area contributed by atoms with Gasteiger partial charge in [-0.1, -0.05) is 0 Å². The maximum Gasteiger partial charge on any atom is 0.311 e. The molecular weight excluding hydrogens is 444 g/mol. The summed E-state index contributed by atoms with van der Waals surface area (Å²) in [6.07, 6.45) is 7.36. The third-order valence-electron chi connectivity index (χ3n) is 5.83. The minimum Gasteiger partial charge on any atom is -0.437 e. The van der Waals surface area contributed by atoms with Crippen LogP contribution in [-0.2, 0) is 27.2 Å². The predicted molar refractivity (Wildman–Crippen MR) is 133 cm³/mol. The molecular formula is C22H48O6Si3. The lowest BCUT2D eigenvalue weighted by Crippen LogP contribution is -2.52. The molecule has 2 heterocycles. The van der Waals surface area contributed by atoms with Gasteiger partial charge < -0.3 is 27.2 Å². The van der Waals surface area contributed by atoms with Crippen LogP contribution >= 0.6 is 0 Å². The van der Waals surface area contributed by atoms with Crippen molar-refractivity contribution in [2.45, 2.75) is 102 Å². The summed E-state index contributed by atoms with van der Waals surface area (Å²) >= 11 is 0. The first-order valence-corrected chi connectivity index (χ1v) is 21.4. The molecule has 2 unspecified atom stereocenters. The van der Waals surface area contributed by atoms with Gasteiger partial charge in [0, 0.05) is 26.4 Å². The van der Waals surface area contributed by atoms with Gasteiger partial charge in [-0.3, -0.25) is 0 Å². The van der Waals surface area contributed by atoms with Crippen molar-refractivity contribution in [3.8, 4) is 0 Å². The number of hydrogen-bond donors (Lipinski definition) is 0. The van der Waals surface area contributed by atoms with Gasteiger partial charge in [0.2, 0.25) is 0 Å². The average Bonchev–Trinajstić information content (AvgIpc) is 3.32. The van der Waals surface area contributed by atoms with Crippen LogP contribution in [0.5, 0.6) is 0 Å². The Morgan fingerprint density at radius 1 is 0.677 bits per heavy atom. The molecule has 184 valence electrons. The Balaban J connectivity index is 1.59. The fourth-order valence-corrected chi connectivity index (χ4v) is 18.6. The van der Waals surface area contributed by atoms with Gasteiger partial charge in [-0.15, -0.1) is 0 Å². The van der Waals surface area contributed by atoms with Crippen LogP contribution in [0.2, 0.25) is 51.4 Å². The molecule has 2 aliphatic rings. The Morgan fingerprint density at radius 3 is 1.45 bits per heavy atom. The van der Waals surface area contributed by atoms with Crippen LogP contribution in [0.4, 0.5) is 0 Å². The van der Waals surface area contributed by atoms with Crippen LogP contribution in [0.1, 0.15) is 38.5 Å². The predicted octanol–water partition coefficient (Wildman–Crippen LogP) is 5.30. The molecule has 0 radical (unpaired) electrons. The largest absolute Gasteiger partial charge is 0.437 e. The van der Waals surface area contributed by atoms with E-state index in [4.69, 9.17) is 27.2 Å². The second-order valence-corrected chi connectivity index (χ2v) is 23.2. The molecule has 0 N–H and O–H groups in total. The Labute approximate surface area is 194 Å². The Hall–Kier alpha value is 0.411. The first kappa shape index (κ1) is 27.7. The molecule has 0 saturated carbocycles. The van der Waals surface area contributed by atoms with Gasteiger partial charge in [-0.05, 0) is 89.9 Å². The van der Waals surface area contributed by atoms with Crippen molar-refractivity contribution in [3.05, 3.63) is 0 Å². The molecule has 9 heteroatoms. The average molecular weight is 493 g/mol. The molecule has 0 amide bonds. The highest BCUT2D eigenvalue weighted by Crippen LogP contribution is 2.26. The first-order chi connectivity index (χ1) is 14.6. The van der Waals surface area contributed by atoms with Crippen LogP contribution < -0.4 is 0 Å². The molecule has 2 atom stereocenters. The summed E-state index contributed by atoms with van der Waals surface area (Å²) in [7, 11) is -5.69. The van der Waals surface area contributed by atoms with Crippen molar-refractivity contribution in [2.24, 2.45) is 0 Å². The van der Waals surface area contributed by atoms with Crippen LogP contribution in [0.25, 0.3) is 0 Å². The van der Waals surface area contributed by atoms with Crippen molar-refractivity contribution < 1.29 is 27.2 Å². The van der Waals surface area contributed by atoms with E-state index in [0.29, 0.717) is 12.2 Å². The number of rotatable bonds is 16. The Bertz CT molecular complexity index is 450. The molecule has 2 saturated heterocycles. The second kappa shape index (κ2) is 13.3. The summed E-state index contributed by atoms with van der Waals surface area (Å²) in [6, 6.07) is 2.22. The monoisotopic (exact) mass is 492 g/mol. The van der Waals surface area contributed by atoms with E-state index in [1.165, 1.54) is 12.8 Å². The second-order valence-electron chi connectivity index (χ2n) is 10.8. The summed E-state index contributed by atoms with van der Waals surface area (Å²) in [4.78, 5) is 0. The van der Waals surface area contributed by atoms with Crippen molar-refractivity contribution in [3.63, 3.8) is 0 Å². The molecule has 6 nitrogen and oxygen atoms in total. The summed E-state index contributed by atoms with van der Waals surface area (Å²) < 4.78 is 36.3. The maximum atomic E-state index is 6.70. The van der Waals surface area contributed by atoms with E-state index in [1.54, 1.807) is 0 Å². The Morgan fingerprint density at radius 2 is 1.10 bits per heavy atom. The summed E-state index contributed by atoms with van der Waals surface area (Å²) in [5.41, 5.74) is 0. The lowest BCUT2D eigenvalue weighted by molar-refractivity contribution is 0.0173. The van der Waals surface area contributed by atoms with E-state index >= 15 is 0 Å². The van der Waals surface area contributed by atoms with E-state index in [9.17, 15) is 0 Å². The topological polar surface area (TPSA) is 55.4 Å². The zero-order chi connectivity index (χ0) is 22.8. The zero-order valence-electron chi connectivity index (χ0n) is 21.0. The molecule has 31 heavy (non-hydrogen) atoms. The molecule has 0 aliphatic carbocycles. The number of hydrogen-bond acceptors (Lipinski definition) is 6. The van der Waals surface area contributed by atoms with Crippen molar-refractivity contribution in [1.82, 2.24) is 0 Å². The normalized spacial score (nSPS) is 23.0. The fourth-order valence-electron chi connectivity index (χ4n) is 4.63. The lowest BCUT2D eigenvalue weighted by atomic mass is 10.2. The van der Waals surface area contributed by atoms with E-state index in [0.717, 1.165) is 77.4 Å². The standard InChI is InChI=1S/C22H48O6Si3/c1-29(2,17-9-13-23-19-21-11-7-15-25-21)27-31(5,6)28-30(3,4)18-10-14-24-20-22-12-8-16-26-22/h21-22H,7-20H2,1-6H3. The fraction of sp³-hybridized carbons (Fsp3) is 1.00. The smallest absolute Gasteiger partial charge is 0.311 e. The van der Waals surface area contributed by atoms with E-state index < -0.39 is 25.2 Å². The zero-order valence-corrected chi connectivity index (χ0v) is 24.0. The third-order valence-corrected chi connectivity index (χ3v) is 17.3. The maximum absolute atomic E-state index is 6.70. The molecule has 2 aliphatic heterocycles. The summed E-state index contributed by atoms with van der Waals surface area (Å²) in [5, 5.41) is 0. The molecule has 0 aromatic heterocycles. The molecule has 2 rings (SSSR count). The van der Waals surface area contributed by atoms with Crippen LogP contribution in [-0.4, -0.2) is 77.0 Å². The Kier molecular flexibility index (Phi) is 11.9. The highest BCUT2D eigenvalue weighted by atomic mass is 28.5. The van der Waals surface area contributed by atoms with Gasteiger partial charge in [0.05, 0.1) is 25.4 Å². The van der Waals surface area contributed by atoms with Gasteiger partial charge in [0.1, 0.15) is 0 Å². The molecule has 0 spiro atoms. The minimum absolute atomic E-state index is 0.315. The van der Waals surface area contributed by atoms with Crippen LogP contribution in [0, 0.1) is 0 Å². The highest BCUT2D eigenvalue weighted by Gasteiger charge is 2.39. The van der Waals surface area contributed by atoms with Crippen molar-refractivity contribution >= 4 is 25.2 Å². The van der Waals surface area contributed by atoms with Gasteiger partial charge >= 0.3 is 8.56 Å². The van der Waals surface area contributed by atoms with E-state index in [2.05, 4.69) is 39.3 Å². The van der Waals surface area contributed by atoms with Gasteiger partial charge in [0.25, 0.3) is 0 Å². The molecule has 2 fully saturated rings. The summed E-state index contributed by atoms with van der Waals surface area (Å²) in [5.74, 6) is 0. The number of ether oxygens (including phenoxy) is 4. The van der Waals surface area contributed by atoms with Crippen molar-refractivity contribution in [1.29, 1.82) is 0 Å². The van der Waals surface area contributed by atoms with Gasteiger partial charge in [-0.2, -0.15) is 0 Å². The molecule has 0 aromatic carbocycles. The van der Waals surface area contributed by atoms with E-state index in [1.807, 2.05) is 0 Å². The van der Waals surface area contributed by atoms with Gasteiger partial charge in [-0.25, -0.2) is 0 Å². The van der Waals surface area contributed by atoms with Crippen LogP contribution in [0.15, 0.2) is 0 Å². The van der Waals surface area contributed by atoms with Crippen molar-refractivity contribution in [2.75, 3.05) is 39.6 Å². The first-order valence-electron chi connectivity index (χ1n) is 12.4.